The lowest BCUT2D eigenvalue weighted by Gasteiger charge is -2.09. The molecule has 2 aromatic carbocycles. The number of benzene rings is 2. The van der Waals surface area contributed by atoms with Gasteiger partial charge < -0.3 is 13.9 Å². The summed E-state index contributed by atoms with van der Waals surface area (Å²) in [5.74, 6) is 1.53. The highest BCUT2D eigenvalue weighted by Crippen LogP contribution is 2.33. The van der Waals surface area contributed by atoms with Gasteiger partial charge in [0.25, 0.3) is 0 Å². The molecule has 1 aromatic heterocycles. The van der Waals surface area contributed by atoms with Gasteiger partial charge in [-0.2, -0.15) is 0 Å². The Morgan fingerprint density at radius 2 is 1.74 bits per heavy atom. The number of fused-ring (bicyclic) bond motifs is 3. The number of carbonyl (C=O) groups is 2. The third-order valence-corrected chi connectivity index (χ3v) is 4.78. The van der Waals surface area contributed by atoms with E-state index in [9.17, 15) is 9.59 Å². The highest BCUT2D eigenvalue weighted by molar-refractivity contribution is 5.94. The number of aryl methyl sites for hydroxylation is 2. The molecule has 3 aromatic rings. The van der Waals surface area contributed by atoms with Gasteiger partial charge in [-0.15, -0.1) is 0 Å². The number of rotatable bonds is 5. The molecule has 0 N–H and O–H groups in total. The SMILES string of the molecule is CC(=O)c1ccc(OC(=O)COc2ccc3oc4c(c3c2)CCCC4)cc1. The van der Waals surface area contributed by atoms with Crippen LogP contribution in [0.4, 0.5) is 0 Å². The maximum atomic E-state index is 12.0. The van der Waals surface area contributed by atoms with Crippen molar-refractivity contribution in [3.8, 4) is 11.5 Å². The van der Waals surface area contributed by atoms with Gasteiger partial charge >= 0.3 is 5.97 Å². The van der Waals surface area contributed by atoms with Crippen LogP contribution < -0.4 is 9.47 Å². The quantitative estimate of drug-likeness (QED) is 0.379. The monoisotopic (exact) mass is 364 g/mol. The molecular weight excluding hydrogens is 344 g/mol. The minimum Gasteiger partial charge on any atom is -0.482 e. The summed E-state index contributed by atoms with van der Waals surface area (Å²) < 4.78 is 16.7. The van der Waals surface area contributed by atoms with Crippen molar-refractivity contribution in [3.63, 3.8) is 0 Å². The number of furan rings is 1. The fraction of sp³-hybridized carbons (Fsp3) is 0.273. The van der Waals surface area contributed by atoms with Crippen molar-refractivity contribution in [2.24, 2.45) is 0 Å². The third-order valence-electron chi connectivity index (χ3n) is 4.78. The molecule has 0 spiro atoms. The van der Waals surface area contributed by atoms with Crippen LogP contribution in [0.5, 0.6) is 11.5 Å². The predicted molar refractivity (Wildman–Crippen MR) is 100 cm³/mol. The lowest BCUT2D eigenvalue weighted by molar-refractivity contribution is -0.136. The average Bonchev–Trinajstić information content (AvgIpc) is 3.05. The van der Waals surface area contributed by atoms with Crippen molar-refractivity contribution < 1.29 is 23.5 Å². The number of hydrogen-bond acceptors (Lipinski definition) is 5. The summed E-state index contributed by atoms with van der Waals surface area (Å²) >= 11 is 0. The first-order valence-electron chi connectivity index (χ1n) is 9.09. The lowest BCUT2D eigenvalue weighted by Crippen LogP contribution is -2.17. The van der Waals surface area contributed by atoms with Crippen molar-refractivity contribution in [2.45, 2.75) is 32.6 Å². The van der Waals surface area contributed by atoms with E-state index in [1.54, 1.807) is 30.3 Å². The van der Waals surface area contributed by atoms with E-state index < -0.39 is 5.97 Å². The minimum absolute atomic E-state index is 0.0342. The first-order valence-corrected chi connectivity index (χ1v) is 9.09. The summed E-state index contributed by atoms with van der Waals surface area (Å²) in [6.07, 6.45) is 4.33. The number of ketones is 1. The third kappa shape index (κ3) is 3.72. The summed E-state index contributed by atoms with van der Waals surface area (Å²) in [6.45, 7) is 1.29. The summed E-state index contributed by atoms with van der Waals surface area (Å²) in [6, 6.07) is 12.1. The Kier molecular flexibility index (Phi) is 4.67. The van der Waals surface area contributed by atoms with Crippen molar-refractivity contribution in [1.82, 2.24) is 0 Å². The van der Waals surface area contributed by atoms with Gasteiger partial charge in [0.15, 0.2) is 12.4 Å². The van der Waals surface area contributed by atoms with Crippen LogP contribution in [0.2, 0.25) is 0 Å². The molecule has 1 heterocycles. The Labute approximate surface area is 156 Å². The Morgan fingerprint density at radius 1 is 1.00 bits per heavy atom. The molecule has 1 aliphatic carbocycles. The second-order valence-electron chi connectivity index (χ2n) is 6.71. The molecule has 0 fully saturated rings. The van der Waals surface area contributed by atoms with E-state index in [1.807, 2.05) is 12.1 Å². The van der Waals surface area contributed by atoms with Crippen LogP contribution in [0.25, 0.3) is 11.0 Å². The van der Waals surface area contributed by atoms with Crippen molar-refractivity contribution in [1.29, 1.82) is 0 Å². The molecule has 0 radical (unpaired) electrons. The van der Waals surface area contributed by atoms with Crippen molar-refractivity contribution >= 4 is 22.7 Å². The van der Waals surface area contributed by atoms with Crippen LogP contribution in [0.3, 0.4) is 0 Å². The highest BCUT2D eigenvalue weighted by atomic mass is 16.6. The van der Waals surface area contributed by atoms with Gasteiger partial charge in [-0.25, -0.2) is 4.79 Å². The molecule has 0 atom stereocenters. The molecule has 138 valence electrons. The van der Waals surface area contributed by atoms with E-state index >= 15 is 0 Å². The summed E-state index contributed by atoms with van der Waals surface area (Å²) in [4.78, 5) is 23.3. The second kappa shape index (κ2) is 7.27. The zero-order valence-electron chi connectivity index (χ0n) is 15.1. The van der Waals surface area contributed by atoms with Crippen LogP contribution in [0.15, 0.2) is 46.9 Å². The Balaban J connectivity index is 1.40. The zero-order valence-corrected chi connectivity index (χ0v) is 15.1. The maximum absolute atomic E-state index is 12.0. The highest BCUT2D eigenvalue weighted by Gasteiger charge is 2.18. The van der Waals surface area contributed by atoms with E-state index in [2.05, 4.69) is 0 Å². The number of Topliss-reactive ketones (excluding diaryl/α,β-unsaturated/α-hetero) is 1. The largest absolute Gasteiger partial charge is 0.482 e. The Bertz CT molecular complexity index is 997. The molecule has 0 saturated heterocycles. The summed E-state index contributed by atoms with van der Waals surface area (Å²) in [5.41, 5.74) is 2.69. The van der Waals surface area contributed by atoms with Crippen molar-refractivity contribution in [3.05, 3.63) is 59.4 Å². The molecule has 0 saturated carbocycles. The van der Waals surface area contributed by atoms with Gasteiger partial charge in [-0.1, -0.05) is 0 Å². The summed E-state index contributed by atoms with van der Waals surface area (Å²) in [7, 11) is 0. The molecule has 0 amide bonds. The van der Waals surface area contributed by atoms with E-state index in [4.69, 9.17) is 13.9 Å². The minimum atomic E-state index is -0.500. The molecule has 27 heavy (non-hydrogen) atoms. The maximum Gasteiger partial charge on any atom is 0.349 e. The van der Waals surface area contributed by atoms with Gasteiger partial charge in [0.1, 0.15) is 22.8 Å². The van der Waals surface area contributed by atoms with E-state index in [-0.39, 0.29) is 12.4 Å². The zero-order chi connectivity index (χ0) is 18.8. The molecule has 5 nitrogen and oxygen atoms in total. The lowest BCUT2D eigenvalue weighted by atomic mass is 9.96. The number of esters is 1. The van der Waals surface area contributed by atoms with Gasteiger partial charge in [-0.3, -0.25) is 4.79 Å². The number of hydrogen-bond donors (Lipinski definition) is 0. The molecule has 4 rings (SSSR count). The van der Waals surface area contributed by atoms with Gasteiger partial charge in [0, 0.05) is 22.9 Å². The normalized spacial score (nSPS) is 13.2. The smallest absolute Gasteiger partial charge is 0.349 e. The van der Waals surface area contributed by atoms with E-state index in [1.165, 1.54) is 18.9 Å². The number of ether oxygens (including phenoxy) is 2. The first-order chi connectivity index (χ1) is 13.1. The van der Waals surface area contributed by atoms with Crippen LogP contribution >= 0.6 is 0 Å². The molecule has 0 bridgehead atoms. The fourth-order valence-corrected chi connectivity index (χ4v) is 3.39. The van der Waals surface area contributed by atoms with Crippen LogP contribution in [-0.4, -0.2) is 18.4 Å². The van der Waals surface area contributed by atoms with Crippen LogP contribution in [-0.2, 0) is 17.6 Å². The number of carbonyl (C=O) groups excluding carboxylic acids is 2. The average molecular weight is 364 g/mol. The standard InChI is InChI=1S/C22H20O5/c1-14(23)15-6-8-16(9-7-15)26-22(24)13-25-17-10-11-21-19(12-17)18-4-2-3-5-20(18)27-21/h6-12H,2-5,13H2,1H3. The first kappa shape index (κ1) is 17.3. The van der Waals surface area contributed by atoms with Gasteiger partial charge in [0.05, 0.1) is 0 Å². The molecule has 1 aliphatic rings. The van der Waals surface area contributed by atoms with Crippen LogP contribution in [0.1, 0.15) is 41.4 Å². The molecule has 5 heteroatoms. The Morgan fingerprint density at radius 3 is 2.52 bits per heavy atom. The van der Waals surface area contributed by atoms with E-state index in [0.717, 1.165) is 36.0 Å². The van der Waals surface area contributed by atoms with E-state index in [0.29, 0.717) is 17.1 Å². The van der Waals surface area contributed by atoms with Crippen molar-refractivity contribution in [2.75, 3.05) is 6.61 Å². The fourth-order valence-electron chi connectivity index (χ4n) is 3.39. The molecule has 0 unspecified atom stereocenters. The van der Waals surface area contributed by atoms with Gasteiger partial charge in [0.2, 0.25) is 0 Å². The second-order valence-corrected chi connectivity index (χ2v) is 6.71. The molecular formula is C22H20O5. The van der Waals surface area contributed by atoms with Gasteiger partial charge in [-0.05, 0) is 68.7 Å². The van der Waals surface area contributed by atoms with Crippen LogP contribution in [0, 0.1) is 0 Å². The molecule has 0 aliphatic heterocycles. The topological polar surface area (TPSA) is 65.7 Å². The predicted octanol–water partition coefficient (Wildman–Crippen LogP) is 4.50. The summed E-state index contributed by atoms with van der Waals surface area (Å²) in [5, 5.41) is 1.07. The Hall–Kier alpha value is -3.08.